The Hall–Kier alpha value is -0.850. The molecule has 0 radical (unpaired) electrons. The molecule has 0 saturated carbocycles. The summed E-state index contributed by atoms with van der Waals surface area (Å²) >= 11 is 0. The molecule has 0 saturated heterocycles. The number of allylic oxidation sites excluding steroid dienone is 4. The third-order valence-corrected chi connectivity index (χ3v) is 1.77. The van der Waals surface area contributed by atoms with E-state index in [1.807, 2.05) is 12.2 Å². The second kappa shape index (κ2) is 1.10. The van der Waals surface area contributed by atoms with Gasteiger partial charge in [-0.15, -0.1) is 0 Å². The SMILES string of the molecule is O=C1C=CC2C=C[C@@H]12. The Morgan fingerprint density at radius 2 is 2.12 bits per heavy atom. The zero-order chi connectivity index (χ0) is 5.56. The fourth-order valence-corrected chi connectivity index (χ4v) is 1.14. The zero-order valence-corrected chi connectivity index (χ0v) is 4.37. The van der Waals surface area contributed by atoms with E-state index < -0.39 is 0 Å². The molecule has 0 aromatic rings. The number of hydrogen-bond acceptors (Lipinski definition) is 1. The summed E-state index contributed by atoms with van der Waals surface area (Å²) in [7, 11) is 0. The second-order valence-corrected chi connectivity index (χ2v) is 2.25. The Labute approximate surface area is 47.7 Å². The number of hydrogen-bond donors (Lipinski definition) is 0. The molecule has 0 heterocycles. The normalized spacial score (nSPS) is 39.8. The lowest BCUT2D eigenvalue weighted by molar-refractivity contribution is -0.117. The van der Waals surface area contributed by atoms with Gasteiger partial charge in [-0.05, 0) is 6.08 Å². The Kier molecular flexibility index (Phi) is 0.562. The van der Waals surface area contributed by atoms with E-state index in [1.54, 1.807) is 6.08 Å². The van der Waals surface area contributed by atoms with Gasteiger partial charge in [0.05, 0.1) is 0 Å². The minimum Gasteiger partial charge on any atom is -0.294 e. The summed E-state index contributed by atoms with van der Waals surface area (Å²) in [6, 6.07) is 0. The molecular weight excluding hydrogens is 100 g/mol. The summed E-state index contributed by atoms with van der Waals surface area (Å²) in [6.07, 6.45) is 7.67. The molecule has 0 aromatic heterocycles. The van der Waals surface area contributed by atoms with Gasteiger partial charge in [-0.25, -0.2) is 0 Å². The molecule has 2 rings (SSSR count). The number of fused-ring (bicyclic) bond motifs is 1. The van der Waals surface area contributed by atoms with Gasteiger partial charge in [-0.3, -0.25) is 4.79 Å². The molecule has 1 heteroatoms. The smallest absolute Gasteiger partial charge is 0.163 e. The van der Waals surface area contributed by atoms with Crippen LogP contribution in [0.15, 0.2) is 24.3 Å². The van der Waals surface area contributed by atoms with Crippen molar-refractivity contribution in [2.24, 2.45) is 11.8 Å². The van der Waals surface area contributed by atoms with Crippen LogP contribution in [-0.2, 0) is 4.79 Å². The van der Waals surface area contributed by atoms with Crippen LogP contribution in [0.5, 0.6) is 0 Å². The van der Waals surface area contributed by atoms with Crippen LogP contribution in [0.3, 0.4) is 0 Å². The first-order valence-electron chi connectivity index (χ1n) is 2.78. The molecule has 8 heavy (non-hydrogen) atoms. The summed E-state index contributed by atoms with van der Waals surface area (Å²) in [5, 5.41) is 0. The van der Waals surface area contributed by atoms with Crippen molar-refractivity contribution in [3.05, 3.63) is 24.3 Å². The van der Waals surface area contributed by atoms with Crippen LogP contribution in [0.4, 0.5) is 0 Å². The van der Waals surface area contributed by atoms with Gasteiger partial charge in [0.25, 0.3) is 0 Å². The van der Waals surface area contributed by atoms with Crippen molar-refractivity contribution in [1.82, 2.24) is 0 Å². The topological polar surface area (TPSA) is 17.1 Å². The second-order valence-electron chi connectivity index (χ2n) is 2.25. The van der Waals surface area contributed by atoms with Crippen LogP contribution in [0, 0.1) is 11.8 Å². The quantitative estimate of drug-likeness (QED) is 0.420. The number of carbonyl (C=O) groups is 1. The molecule has 2 atom stereocenters. The molecule has 0 aliphatic heterocycles. The van der Waals surface area contributed by atoms with Crippen LogP contribution in [0.2, 0.25) is 0 Å². The molecule has 0 aromatic carbocycles. The van der Waals surface area contributed by atoms with Gasteiger partial charge in [0.1, 0.15) is 0 Å². The van der Waals surface area contributed by atoms with Gasteiger partial charge in [0.15, 0.2) is 5.78 Å². The minimum atomic E-state index is 0.231. The fourth-order valence-electron chi connectivity index (χ4n) is 1.14. The number of carbonyl (C=O) groups excluding carboxylic acids is 1. The maximum Gasteiger partial charge on any atom is 0.163 e. The predicted octanol–water partition coefficient (Wildman–Crippen LogP) is 0.927. The van der Waals surface area contributed by atoms with Crippen molar-refractivity contribution < 1.29 is 4.79 Å². The summed E-state index contributed by atoms with van der Waals surface area (Å²) in [5.41, 5.74) is 0. The first-order valence-corrected chi connectivity index (χ1v) is 2.78. The highest BCUT2D eigenvalue weighted by atomic mass is 16.1. The average molecular weight is 106 g/mol. The molecule has 1 unspecified atom stereocenters. The molecular formula is C7H6O. The molecule has 0 bridgehead atoms. The summed E-state index contributed by atoms with van der Waals surface area (Å²) < 4.78 is 0. The highest BCUT2D eigenvalue weighted by Gasteiger charge is 2.31. The van der Waals surface area contributed by atoms with Crippen LogP contribution < -0.4 is 0 Å². The summed E-state index contributed by atoms with van der Waals surface area (Å²) in [4.78, 5) is 10.7. The monoisotopic (exact) mass is 106 g/mol. The molecule has 1 nitrogen and oxygen atoms in total. The molecule has 0 spiro atoms. The van der Waals surface area contributed by atoms with Crippen LogP contribution >= 0.6 is 0 Å². The fraction of sp³-hybridized carbons (Fsp3) is 0.286. The third kappa shape index (κ3) is 0.302. The molecule has 2 aliphatic carbocycles. The van der Waals surface area contributed by atoms with E-state index in [2.05, 4.69) is 6.08 Å². The van der Waals surface area contributed by atoms with E-state index in [9.17, 15) is 4.79 Å². The lowest BCUT2D eigenvalue weighted by atomic mass is 9.85. The predicted molar refractivity (Wildman–Crippen MR) is 30.3 cm³/mol. The van der Waals surface area contributed by atoms with Gasteiger partial charge < -0.3 is 0 Å². The Balaban J connectivity index is 2.38. The Bertz CT molecular complexity index is 189. The summed E-state index contributed by atoms with van der Waals surface area (Å²) in [5.74, 6) is 0.968. The molecule has 0 N–H and O–H groups in total. The van der Waals surface area contributed by atoms with E-state index in [1.165, 1.54) is 0 Å². The van der Waals surface area contributed by atoms with Crippen LogP contribution in [-0.4, -0.2) is 5.78 Å². The van der Waals surface area contributed by atoms with Gasteiger partial charge in [0.2, 0.25) is 0 Å². The molecule has 40 valence electrons. The van der Waals surface area contributed by atoms with Crippen molar-refractivity contribution in [2.75, 3.05) is 0 Å². The van der Waals surface area contributed by atoms with Crippen molar-refractivity contribution in [3.8, 4) is 0 Å². The first kappa shape index (κ1) is 4.07. The van der Waals surface area contributed by atoms with E-state index in [0.717, 1.165) is 0 Å². The van der Waals surface area contributed by atoms with Gasteiger partial charge in [0, 0.05) is 11.8 Å². The summed E-state index contributed by atoms with van der Waals surface area (Å²) in [6.45, 7) is 0. The molecule has 2 aliphatic rings. The highest BCUT2D eigenvalue weighted by Crippen LogP contribution is 2.32. The lowest BCUT2D eigenvalue weighted by Gasteiger charge is -2.18. The molecule has 0 amide bonds. The third-order valence-electron chi connectivity index (χ3n) is 1.77. The zero-order valence-electron chi connectivity index (χ0n) is 4.37. The van der Waals surface area contributed by atoms with Gasteiger partial charge in [-0.1, -0.05) is 18.2 Å². The lowest BCUT2D eigenvalue weighted by Crippen LogP contribution is -2.18. The minimum absolute atomic E-state index is 0.231. The van der Waals surface area contributed by atoms with Crippen molar-refractivity contribution in [1.29, 1.82) is 0 Å². The molecule has 0 fully saturated rings. The van der Waals surface area contributed by atoms with Gasteiger partial charge >= 0.3 is 0 Å². The van der Waals surface area contributed by atoms with E-state index >= 15 is 0 Å². The average Bonchev–Trinajstić information content (AvgIpc) is 1.80. The van der Waals surface area contributed by atoms with E-state index in [-0.39, 0.29) is 11.7 Å². The largest absolute Gasteiger partial charge is 0.294 e. The standard InChI is InChI=1S/C7H6O/c8-7-4-2-5-1-3-6(5)7/h1-6H/t5?,6-/m1/s1. The van der Waals surface area contributed by atoms with Crippen LogP contribution in [0.25, 0.3) is 0 Å². The Morgan fingerprint density at radius 3 is 2.38 bits per heavy atom. The van der Waals surface area contributed by atoms with E-state index in [4.69, 9.17) is 0 Å². The number of rotatable bonds is 0. The van der Waals surface area contributed by atoms with Crippen LogP contribution in [0.1, 0.15) is 0 Å². The maximum absolute atomic E-state index is 10.7. The van der Waals surface area contributed by atoms with Crippen molar-refractivity contribution in [3.63, 3.8) is 0 Å². The van der Waals surface area contributed by atoms with Gasteiger partial charge in [-0.2, -0.15) is 0 Å². The van der Waals surface area contributed by atoms with Crippen molar-refractivity contribution >= 4 is 5.78 Å². The maximum atomic E-state index is 10.7. The first-order chi connectivity index (χ1) is 3.88. The van der Waals surface area contributed by atoms with Crippen molar-refractivity contribution in [2.45, 2.75) is 0 Å². The Morgan fingerprint density at radius 1 is 1.25 bits per heavy atom. The highest BCUT2D eigenvalue weighted by molar-refractivity contribution is 5.97. The number of ketones is 1. The van der Waals surface area contributed by atoms with E-state index in [0.29, 0.717) is 5.92 Å².